The summed E-state index contributed by atoms with van der Waals surface area (Å²) in [5.41, 5.74) is 0. The molecule has 1 aromatic heterocycles. The minimum atomic E-state index is 0.651. The number of nitrogens with one attached hydrogen (secondary N) is 1. The summed E-state index contributed by atoms with van der Waals surface area (Å²) in [4.78, 5) is 4.28. The van der Waals surface area contributed by atoms with Gasteiger partial charge in [-0.25, -0.2) is 4.98 Å². The molecule has 0 aliphatic rings. The number of rotatable bonds is 8. The molecule has 1 rings (SSSR count). The molecule has 16 heavy (non-hydrogen) atoms. The van der Waals surface area contributed by atoms with Gasteiger partial charge in [0.25, 0.3) is 0 Å². The monoisotopic (exact) mass is 241 g/mol. The summed E-state index contributed by atoms with van der Waals surface area (Å²) in [5.74, 6) is 1.03. The molecule has 1 aromatic rings. The highest BCUT2D eigenvalue weighted by Crippen LogP contribution is 2.08. The van der Waals surface area contributed by atoms with Gasteiger partial charge < -0.3 is 0 Å². The summed E-state index contributed by atoms with van der Waals surface area (Å²) in [7, 11) is 1.91. The van der Waals surface area contributed by atoms with Crippen molar-refractivity contribution in [3.05, 3.63) is 10.6 Å². The van der Waals surface area contributed by atoms with E-state index in [1.54, 1.807) is 4.68 Å². The number of aromatic amines is 1. The van der Waals surface area contributed by atoms with Crippen LogP contribution in [0.1, 0.15) is 57.7 Å². The van der Waals surface area contributed by atoms with Gasteiger partial charge in [-0.05, 0) is 18.6 Å². The molecule has 0 aliphatic heterocycles. The van der Waals surface area contributed by atoms with E-state index < -0.39 is 0 Å². The van der Waals surface area contributed by atoms with Crippen LogP contribution in [0.2, 0.25) is 0 Å². The van der Waals surface area contributed by atoms with Crippen LogP contribution in [0.15, 0.2) is 0 Å². The van der Waals surface area contributed by atoms with E-state index in [2.05, 4.69) is 17.0 Å². The maximum atomic E-state index is 5.04. The Balaban J connectivity index is 2.05. The van der Waals surface area contributed by atoms with Gasteiger partial charge in [0.2, 0.25) is 4.77 Å². The molecule has 3 nitrogen and oxygen atoms in total. The third-order valence-electron chi connectivity index (χ3n) is 2.83. The van der Waals surface area contributed by atoms with Crippen molar-refractivity contribution in [1.29, 1.82) is 0 Å². The summed E-state index contributed by atoms with van der Waals surface area (Å²) in [6, 6.07) is 0. The maximum Gasteiger partial charge on any atom is 0.215 e. The molecule has 0 spiro atoms. The Kier molecular flexibility index (Phi) is 6.38. The summed E-state index contributed by atoms with van der Waals surface area (Å²) in [5, 5.41) is 3.16. The van der Waals surface area contributed by atoms with Gasteiger partial charge in [-0.2, -0.15) is 0 Å². The van der Waals surface area contributed by atoms with Crippen LogP contribution in [0, 0.1) is 4.77 Å². The zero-order valence-corrected chi connectivity index (χ0v) is 11.3. The molecule has 0 atom stereocenters. The molecule has 1 heterocycles. The first kappa shape index (κ1) is 13.4. The lowest BCUT2D eigenvalue weighted by molar-refractivity contribution is 0.583. The predicted octanol–water partition coefficient (Wildman–Crippen LogP) is 3.77. The molecule has 0 fully saturated rings. The standard InChI is InChI=1S/C12H23N3S/c1-3-4-5-6-7-8-9-10-11-13-12(16)15(2)14-11/h3-10H2,1-2H3,(H,13,14,16). The molecule has 92 valence electrons. The van der Waals surface area contributed by atoms with E-state index in [9.17, 15) is 0 Å². The van der Waals surface area contributed by atoms with E-state index in [1.165, 1.54) is 44.9 Å². The maximum absolute atomic E-state index is 5.04. The average molecular weight is 241 g/mol. The lowest BCUT2D eigenvalue weighted by Crippen LogP contribution is -1.92. The number of H-pyrrole nitrogens is 1. The molecule has 0 unspecified atom stereocenters. The van der Waals surface area contributed by atoms with Crippen molar-refractivity contribution in [3.8, 4) is 0 Å². The Morgan fingerprint density at radius 3 is 2.31 bits per heavy atom. The van der Waals surface area contributed by atoms with Crippen LogP contribution in [-0.4, -0.2) is 14.8 Å². The summed E-state index contributed by atoms with van der Waals surface area (Å²) in [6.07, 6.45) is 10.4. The number of hydrogen-bond acceptors (Lipinski definition) is 2. The van der Waals surface area contributed by atoms with Crippen LogP contribution < -0.4 is 0 Å². The van der Waals surface area contributed by atoms with Crippen LogP contribution in [0.25, 0.3) is 0 Å². The predicted molar refractivity (Wildman–Crippen MR) is 70.1 cm³/mol. The first-order chi connectivity index (χ1) is 7.74. The van der Waals surface area contributed by atoms with E-state index in [1.807, 2.05) is 7.05 Å². The zero-order valence-electron chi connectivity index (χ0n) is 10.5. The fourth-order valence-corrected chi connectivity index (χ4v) is 1.97. The lowest BCUT2D eigenvalue weighted by Gasteiger charge is -1.99. The second-order valence-corrected chi connectivity index (χ2v) is 4.75. The topological polar surface area (TPSA) is 33.6 Å². The van der Waals surface area contributed by atoms with Gasteiger partial charge in [0.15, 0.2) is 0 Å². The third-order valence-corrected chi connectivity index (χ3v) is 3.20. The Bertz CT molecular complexity index is 340. The molecule has 0 aliphatic carbocycles. The summed E-state index contributed by atoms with van der Waals surface area (Å²) >= 11 is 5.04. The number of nitrogens with zero attached hydrogens (tertiary/aromatic N) is 2. The van der Waals surface area contributed by atoms with Crippen molar-refractivity contribution in [2.45, 2.75) is 58.3 Å². The largest absolute Gasteiger partial charge is 0.283 e. The zero-order chi connectivity index (χ0) is 11.8. The van der Waals surface area contributed by atoms with Gasteiger partial charge in [-0.1, -0.05) is 45.4 Å². The third kappa shape index (κ3) is 4.92. The first-order valence-electron chi connectivity index (χ1n) is 6.36. The van der Waals surface area contributed by atoms with Crippen molar-refractivity contribution in [2.24, 2.45) is 7.05 Å². The molecule has 0 saturated carbocycles. The molecule has 0 bridgehead atoms. The summed E-state index contributed by atoms with van der Waals surface area (Å²) < 4.78 is 2.45. The Morgan fingerprint density at radius 1 is 1.12 bits per heavy atom. The molecule has 0 aromatic carbocycles. The minimum Gasteiger partial charge on any atom is -0.283 e. The number of aromatic nitrogens is 3. The van der Waals surface area contributed by atoms with Crippen molar-refractivity contribution in [1.82, 2.24) is 14.8 Å². The molecule has 0 radical (unpaired) electrons. The highest BCUT2D eigenvalue weighted by Gasteiger charge is 1.98. The molecule has 4 heteroatoms. The fourth-order valence-electron chi connectivity index (χ4n) is 1.82. The quantitative estimate of drug-likeness (QED) is 0.555. The van der Waals surface area contributed by atoms with E-state index >= 15 is 0 Å². The van der Waals surface area contributed by atoms with Crippen molar-refractivity contribution in [3.63, 3.8) is 0 Å². The van der Waals surface area contributed by atoms with Gasteiger partial charge in [0.05, 0.1) is 0 Å². The van der Waals surface area contributed by atoms with Crippen molar-refractivity contribution < 1.29 is 0 Å². The van der Waals surface area contributed by atoms with Gasteiger partial charge in [0, 0.05) is 13.5 Å². The Hall–Kier alpha value is -0.640. The second kappa shape index (κ2) is 7.60. The average Bonchev–Trinajstić information content (AvgIpc) is 2.57. The van der Waals surface area contributed by atoms with Crippen LogP contribution in [0.5, 0.6) is 0 Å². The van der Waals surface area contributed by atoms with Gasteiger partial charge in [-0.15, -0.1) is 0 Å². The first-order valence-corrected chi connectivity index (χ1v) is 6.76. The number of unbranched alkanes of at least 4 members (excludes halogenated alkanes) is 6. The molecule has 0 amide bonds. The lowest BCUT2D eigenvalue weighted by atomic mass is 10.1. The molecule has 0 saturated heterocycles. The Labute approximate surface area is 103 Å². The Morgan fingerprint density at radius 2 is 1.75 bits per heavy atom. The van der Waals surface area contributed by atoms with Crippen LogP contribution in [-0.2, 0) is 13.5 Å². The number of aryl methyl sites for hydroxylation is 2. The van der Waals surface area contributed by atoms with Crippen LogP contribution >= 0.6 is 12.2 Å². The van der Waals surface area contributed by atoms with Crippen LogP contribution in [0.3, 0.4) is 0 Å². The molecular formula is C12H23N3S. The van der Waals surface area contributed by atoms with E-state index in [0.29, 0.717) is 4.77 Å². The van der Waals surface area contributed by atoms with Crippen molar-refractivity contribution in [2.75, 3.05) is 0 Å². The van der Waals surface area contributed by atoms with E-state index in [-0.39, 0.29) is 0 Å². The van der Waals surface area contributed by atoms with E-state index in [4.69, 9.17) is 12.2 Å². The highest BCUT2D eigenvalue weighted by molar-refractivity contribution is 7.71. The number of hydrogen-bond donors (Lipinski definition) is 1. The molecular weight excluding hydrogens is 218 g/mol. The summed E-state index contributed by atoms with van der Waals surface area (Å²) in [6.45, 7) is 2.25. The SMILES string of the molecule is CCCCCCCCCc1nc(=S)n(C)[nH]1. The van der Waals surface area contributed by atoms with Crippen LogP contribution in [0.4, 0.5) is 0 Å². The normalized spacial score (nSPS) is 10.9. The highest BCUT2D eigenvalue weighted by atomic mass is 32.1. The van der Waals surface area contributed by atoms with Gasteiger partial charge in [-0.3, -0.25) is 9.78 Å². The minimum absolute atomic E-state index is 0.651. The van der Waals surface area contributed by atoms with E-state index in [0.717, 1.165) is 12.2 Å². The second-order valence-electron chi connectivity index (χ2n) is 4.38. The van der Waals surface area contributed by atoms with Crippen molar-refractivity contribution >= 4 is 12.2 Å². The van der Waals surface area contributed by atoms with Gasteiger partial charge >= 0.3 is 0 Å². The fraction of sp³-hybridized carbons (Fsp3) is 0.833. The molecule has 1 N–H and O–H groups in total. The smallest absolute Gasteiger partial charge is 0.215 e. The van der Waals surface area contributed by atoms with Gasteiger partial charge in [0.1, 0.15) is 5.82 Å².